The number of hydrogen-bond donors (Lipinski definition) is 1. The van der Waals surface area contributed by atoms with E-state index in [0.717, 1.165) is 37.0 Å². The normalized spacial score (nSPS) is 11.4. The number of hydrogen-bond acceptors (Lipinski definition) is 2. The number of aromatic nitrogens is 2. The van der Waals surface area contributed by atoms with Crippen LogP contribution in [0.1, 0.15) is 64.1 Å². The molecule has 4 heteroatoms. The maximum atomic E-state index is 4.65. The van der Waals surface area contributed by atoms with Gasteiger partial charge < -0.3 is 5.32 Å². The summed E-state index contributed by atoms with van der Waals surface area (Å²) in [5, 5.41) is 9.26. The van der Waals surface area contributed by atoms with Crippen LogP contribution in [-0.4, -0.2) is 21.7 Å². The van der Waals surface area contributed by atoms with Crippen molar-refractivity contribution in [3.8, 4) is 0 Å². The molecule has 1 aromatic heterocycles. The lowest BCUT2D eigenvalue weighted by Gasteiger charge is -2.12. The van der Waals surface area contributed by atoms with Crippen LogP contribution >= 0.6 is 15.9 Å². The quantitative estimate of drug-likeness (QED) is 0.484. The van der Waals surface area contributed by atoms with E-state index in [1.54, 1.807) is 0 Å². The van der Waals surface area contributed by atoms with Gasteiger partial charge in [-0.15, -0.1) is 0 Å². The Bertz CT molecular complexity index is 321. The topological polar surface area (TPSA) is 29.9 Å². The van der Waals surface area contributed by atoms with Crippen molar-refractivity contribution in [3.05, 3.63) is 18.0 Å². The third kappa shape index (κ3) is 6.57. The van der Waals surface area contributed by atoms with Crippen LogP contribution in [0.15, 0.2) is 12.3 Å². The Kier molecular flexibility index (Phi) is 9.18. The first-order valence-electron chi connectivity index (χ1n) is 7.62. The van der Waals surface area contributed by atoms with E-state index in [2.05, 4.69) is 57.1 Å². The van der Waals surface area contributed by atoms with Gasteiger partial charge in [-0.25, -0.2) is 0 Å². The van der Waals surface area contributed by atoms with Crippen molar-refractivity contribution in [1.29, 1.82) is 0 Å². The maximum absolute atomic E-state index is 4.65. The summed E-state index contributed by atoms with van der Waals surface area (Å²) < 4.78 is 2.12. The molecule has 110 valence electrons. The average molecular weight is 330 g/mol. The maximum Gasteiger partial charge on any atom is 0.0762 e. The number of nitrogens with one attached hydrogen (secondary N) is 1. The molecule has 1 heterocycles. The standard InChI is InChI=1S/C15H28BrN3/c1-3-15(4-2)19-12-9-14(18-19)13-17-11-8-6-5-7-10-16/h9,12,15,17H,3-8,10-11,13H2,1-2H3. The molecule has 1 aromatic rings. The molecule has 0 aromatic carbocycles. The summed E-state index contributed by atoms with van der Waals surface area (Å²) in [6, 6.07) is 2.69. The van der Waals surface area contributed by atoms with Gasteiger partial charge in [-0.2, -0.15) is 5.10 Å². The lowest BCUT2D eigenvalue weighted by Crippen LogP contribution is -2.16. The van der Waals surface area contributed by atoms with E-state index in [1.807, 2.05) is 0 Å². The van der Waals surface area contributed by atoms with Crippen LogP contribution in [0, 0.1) is 0 Å². The second kappa shape index (κ2) is 10.4. The zero-order valence-electron chi connectivity index (χ0n) is 12.4. The molecule has 0 radical (unpaired) electrons. The highest BCUT2D eigenvalue weighted by Crippen LogP contribution is 2.14. The summed E-state index contributed by atoms with van der Waals surface area (Å²) in [5.74, 6) is 0. The third-order valence-electron chi connectivity index (χ3n) is 3.52. The van der Waals surface area contributed by atoms with Gasteiger partial charge in [-0.1, -0.05) is 42.6 Å². The number of halogens is 1. The highest BCUT2D eigenvalue weighted by Gasteiger charge is 2.07. The molecule has 0 aliphatic rings. The van der Waals surface area contributed by atoms with Crippen LogP contribution < -0.4 is 5.32 Å². The van der Waals surface area contributed by atoms with Gasteiger partial charge in [0.1, 0.15) is 0 Å². The SMILES string of the molecule is CCC(CC)n1ccc(CNCCCCCCBr)n1. The third-order valence-corrected chi connectivity index (χ3v) is 4.08. The van der Waals surface area contributed by atoms with Gasteiger partial charge >= 0.3 is 0 Å². The minimum Gasteiger partial charge on any atom is -0.311 e. The summed E-state index contributed by atoms with van der Waals surface area (Å²) in [5.41, 5.74) is 1.16. The number of alkyl halides is 1. The molecule has 0 fully saturated rings. The second-order valence-corrected chi connectivity index (χ2v) is 5.83. The van der Waals surface area contributed by atoms with E-state index >= 15 is 0 Å². The molecule has 0 amide bonds. The Morgan fingerprint density at radius 1 is 1.21 bits per heavy atom. The van der Waals surface area contributed by atoms with Crippen LogP contribution in [0.2, 0.25) is 0 Å². The van der Waals surface area contributed by atoms with Crippen molar-refractivity contribution < 1.29 is 0 Å². The van der Waals surface area contributed by atoms with Crippen molar-refractivity contribution in [2.45, 2.75) is 65.0 Å². The largest absolute Gasteiger partial charge is 0.311 e. The molecule has 0 unspecified atom stereocenters. The van der Waals surface area contributed by atoms with Gasteiger partial charge in [0, 0.05) is 18.1 Å². The highest BCUT2D eigenvalue weighted by molar-refractivity contribution is 9.09. The Morgan fingerprint density at radius 3 is 2.63 bits per heavy atom. The van der Waals surface area contributed by atoms with Crippen molar-refractivity contribution in [1.82, 2.24) is 15.1 Å². The van der Waals surface area contributed by atoms with Crippen molar-refractivity contribution in [3.63, 3.8) is 0 Å². The summed E-state index contributed by atoms with van der Waals surface area (Å²) in [6.45, 7) is 6.44. The van der Waals surface area contributed by atoms with Gasteiger partial charge in [0.25, 0.3) is 0 Å². The second-order valence-electron chi connectivity index (χ2n) is 5.04. The Morgan fingerprint density at radius 2 is 1.95 bits per heavy atom. The van der Waals surface area contributed by atoms with Gasteiger partial charge in [-0.3, -0.25) is 4.68 Å². The average Bonchev–Trinajstić information content (AvgIpc) is 2.88. The van der Waals surface area contributed by atoms with Crippen LogP contribution in [0.5, 0.6) is 0 Å². The molecule has 0 bridgehead atoms. The van der Waals surface area contributed by atoms with Crippen LogP contribution in [0.3, 0.4) is 0 Å². The van der Waals surface area contributed by atoms with Crippen molar-refractivity contribution in [2.75, 3.05) is 11.9 Å². The molecule has 3 nitrogen and oxygen atoms in total. The first-order chi connectivity index (χ1) is 9.31. The smallest absolute Gasteiger partial charge is 0.0762 e. The molecule has 0 atom stereocenters. The number of nitrogens with zero attached hydrogens (tertiary/aromatic N) is 2. The summed E-state index contributed by atoms with van der Waals surface area (Å²) >= 11 is 3.46. The van der Waals surface area contributed by atoms with Gasteiger partial charge in [0.2, 0.25) is 0 Å². The predicted octanol–water partition coefficient (Wildman–Crippen LogP) is 4.29. The van der Waals surface area contributed by atoms with E-state index in [0.29, 0.717) is 6.04 Å². The van der Waals surface area contributed by atoms with Crippen molar-refractivity contribution in [2.24, 2.45) is 0 Å². The fraction of sp³-hybridized carbons (Fsp3) is 0.800. The Balaban J connectivity index is 2.16. The predicted molar refractivity (Wildman–Crippen MR) is 85.8 cm³/mol. The molecule has 19 heavy (non-hydrogen) atoms. The molecular formula is C15H28BrN3. The fourth-order valence-electron chi connectivity index (χ4n) is 2.25. The molecule has 0 saturated carbocycles. The van der Waals surface area contributed by atoms with Gasteiger partial charge in [0.15, 0.2) is 0 Å². The van der Waals surface area contributed by atoms with E-state index in [1.165, 1.54) is 25.7 Å². The molecule has 0 aliphatic heterocycles. The lowest BCUT2D eigenvalue weighted by molar-refractivity contribution is 0.424. The fourth-order valence-corrected chi connectivity index (χ4v) is 2.65. The highest BCUT2D eigenvalue weighted by atomic mass is 79.9. The summed E-state index contributed by atoms with van der Waals surface area (Å²) in [4.78, 5) is 0. The van der Waals surface area contributed by atoms with E-state index in [4.69, 9.17) is 0 Å². The summed E-state index contributed by atoms with van der Waals surface area (Å²) in [7, 11) is 0. The van der Waals surface area contributed by atoms with Crippen LogP contribution in [-0.2, 0) is 6.54 Å². The first-order valence-corrected chi connectivity index (χ1v) is 8.74. The van der Waals surface area contributed by atoms with Crippen LogP contribution in [0.4, 0.5) is 0 Å². The molecular weight excluding hydrogens is 302 g/mol. The molecule has 0 aliphatic carbocycles. The zero-order chi connectivity index (χ0) is 13.9. The zero-order valence-corrected chi connectivity index (χ0v) is 14.0. The van der Waals surface area contributed by atoms with Crippen molar-refractivity contribution >= 4 is 15.9 Å². The van der Waals surface area contributed by atoms with E-state index in [9.17, 15) is 0 Å². The monoisotopic (exact) mass is 329 g/mol. The molecule has 0 spiro atoms. The Labute approximate surface area is 126 Å². The van der Waals surface area contributed by atoms with E-state index in [-0.39, 0.29) is 0 Å². The molecule has 0 saturated heterocycles. The lowest BCUT2D eigenvalue weighted by atomic mass is 10.2. The van der Waals surface area contributed by atoms with E-state index < -0.39 is 0 Å². The minimum atomic E-state index is 0.554. The van der Waals surface area contributed by atoms with Gasteiger partial charge in [-0.05, 0) is 38.3 Å². The Hall–Kier alpha value is -0.350. The molecule has 1 rings (SSSR count). The number of unbranched alkanes of at least 4 members (excludes halogenated alkanes) is 3. The number of rotatable bonds is 11. The van der Waals surface area contributed by atoms with Gasteiger partial charge in [0.05, 0.1) is 11.7 Å². The molecule has 1 N–H and O–H groups in total. The minimum absolute atomic E-state index is 0.554. The summed E-state index contributed by atoms with van der Waals surface area (Å²) in [6.07, 6.45) is 9.62. The first kappa shape index (κ1) is 16.7. The van der Waals surface area contributed by atoms with Crippen LogP contribution in [0.25, 0.3) is 0 Å².